The van der Waals surface area contributed by atoms with Crippen LogP contribution in [-0.4, -0.2) is 40.4 Å². The van der Waals surface area contributed by atoms with E-state index in [0.717, 1.165) is 12.8 Å². The van der Waals surface area contributed by atoms with E-state index in [4.69, 9.17) is 24.9 Å². The lowest BCUT2D eigenvalue weighted by Crippen LogP contribution is -2.39. The topological polar surface area (TPSA) is 138 Å². The van der Waals surface area contributed by atoms with Crippen LogP contribution < -0.4 is 20.9 Å². The van der Waals surface area contributed by atoms with Crippen molar-refractivity contribution in [3.05, 3.63) is 75.1 Å². The van der Waals surface area contributed by atoms with Crippen LogP contribution in [0.2, 0.25) is 0 Å². The van der Waals surface area contributed by atoms with Crippen molar-refractivity contribution in [1.29, 1.82) is 0 Å². The van der Waals surface area contributed by atoms with E-state index in [1.54, 1.807) is 37.3 Å². The summed E-state index contributed by atoms with van der Waals surface area (Å²) < 4.78 is 37.7. The van der Waals surface area contributed by atoms with Gasteiger partial charge in [-0.25, -0.2) is 9.36 Å². The maximum Gasteiger partial charge on any atom is 0.459 e. The van der Waals surface area contributed by atoms with Crippen molar-refractivity contribution >= 4 is 13.7 Å². The number of terminal acetylenes is 1. The van der Waals surface area contributed by atoms with Gasteiger partial charge in [0.2, 0.25) is 0 Å². The maximum absolute atomic E-state index is 13.8. The number of aromatic amines is 1. The largest absolute Gasteiger partial charge is 0.464 e. The van der Waals surface area contributed by atoms with Gasteiger partial charge < -0.3 is 14.0 Å². The molecule has 0 fully saturated rings. The van der Waals surface area contributed by atoms with E-state index in [0.29, 0.717) is 5.56 Å². The van der Waals surface area contributed by atoms with Crippen LogP contribution in [-0.2, 0) is 23.4 Å². The lowest BCUT2D eigenvalue weighted by Gasteiger charge is -2.28. The molecule has 0 radical (unpaired) electrons. The van der Waals surface area contributed by atoms with Crippen molar-refractivity contribution in [1.82, 2.24) is 14.6 Å². The second kappa shape index (κ2) is 13.1. The Morgan fingerprint density at radius 1 is 1.28 bits per heavy atom. The number of esters is 1. The Morgan fingerprint density at radius 3 is 2.62 bits per heavy atom. The first-order chi connectivity index (χ1) is 18.5. The molecule has 0 spiro atoms. The SMILES string of the molecule is C#C[C@@]1(CO[P@@](=O)(N[C@@H](C)C(=O)OCC(CC)CC)Oc2ccccc2)C=C[C@H](n2cc(C)c(=O)[nH]c2=O)O1. The Balaban J connectivity index is 1.76. The van der Waals surface area contributed by atoms with Crippen LogP contribution in [0.3, 0.4) is 0 Å². The summed E-state index contributed by atoms with van der Waals surface area (Å²) >= 11 is 0. The first-order valence-corrected chi connectivity index (χ1v) is 14.2. The van der Waals surface area contributed by atoms with Crippen molar-refractivity contribution in [2.75, 3.05) is 13.2 Å². The fraction of sp³-hybridized carbons (Fsp3) is 0.444. The molecule has 4 atom stereocenters. The smallest absolute Gasteiger partial charge is 0.459 e. The Hall–Kier alpha value is -3.42. The number of hydrogen-bond donors (Lipinski definition) is 2. The highest BCUT2D eigenvalue weighted by Gasteiger charge is 2.40. The molecule has 1 aromatic carbocycles. The molecule has 3 rings (SSSR count). The number of aromatic nitrogens is 2. The molecule has 1 aliphatic heterocycles. The summed E-state index contributed by atoms with van der Waals surface area (Å²) in [5.74, 6) is 2.30. The summed E-state index contributed by atoms with van der Waals surface area (Å²) in [6.07, 6.45) is 10.9. The third-order valence-corrected chi connectivity index (χ3v) is 7.89. The molecule has 0 unspecified atom stereocenters. The van der Waals surface area contributed by atoms with Crippen LogP contribution in [0.25, 0.3) is 0 Å². The first kappa shape index (κ1) is 30.1. The minimum atomic E-state index is -4.21. The van der Waals surface area contributed by atoms with Gasteiger partial charge in [0.25, 0.3) is 5.56 Å². The molecular formula is C27H34N3O8P. The van der Waals surface area contributed by atoms with Gasteiger partial charge in [0, 0.05) is 11.8 Å². The van der Waals surface area contributed by atoms with Crippen molar-refractivity contribution in [3.63, 3.8) is 0 Å². The summed E-state index contributed by atoms with van der Waals surface area (Å²) in [6.45, 7) is 6.86. The minimum absolute atomic E-state index is 0.221. The van der Waals surface area contributed by atoms with E-state index in [2.05, 4.69) is 16.0 Å². The van der Waals surface area contributed by atoms with Crippen LogP contribution in [0, 0.1) is 25.2 Å². The summed E-state index contributed by atoms with van der Waals surface area (Å²) in [5, 5.41) is 2.63. The first-order valence-electron chi connectivity index (χ1n) is 12.6. The van der Waals surface area contributed by atoms with Gasteiger partial charge in [-0.05, 0) is 44.1 Å². The van der Waals surface area contributed by atoms with Crippen LogP contribution in [0.15, 0.2) is 58.3 Å². The standard InChI is InChI=1S/C27H34N3O8P/c1-6-21(7-2)17-35-25(32)20(5)29-39(34,38-22-12-10-9-11-13-22)36-18-27(8-3)15-14-23(37-27)30-16-19(4)24(31)28-26(30)33/h3,9-16,20-21,23H,6-7,17-18H2,1-2,4-5H3,(H,29,34)(H,28,31,33)/t20-,23+,27-,39-/m0/s1. The molecule has 2 heterocycles. The minimum Gasteiger partial charge on any atom is -0.464 e. The number of H-pyrrole nitrogens is 1. The van der Waals surface area contributed by atoms with Gasteiger partial charge in [-0.3, -0.25) is 23.7 Å². The number of ether oxygens (including phenoxy) is 2. The highest BCUT2D eigenvalue weighted by atomic mass is 31.2. The highest BCUT2D eigenvalue weighted by Crippen LogP contribution is 2.46. The van der Waals surface area contributed by atoms with Crippen LogP contribution in [0.1, 0.15) is 45.4 Å². The summed E-state index contributed by atoms with van der Waals surface area (Å²) in [5.41, 5.74) is -2.42. The second-order valence-corrected chi connectivity index (χ2v) is 10.9. The van der Waals surface area contributed by atoms with Gasteiger partial charge in [-0.1, -0.05) is 50.8 Å². The number of nitrogens with zero attached hydrogens (tertiary/aromatic N) is 1. The van der Waals surface area contributed by atoms with E-state index in [1.807, 2.05) is 13.8 Å². The third kappa shape index (κ3) is 7.80. The summed E-state index contributed by atoms with van der Waals surface area (Å²) in [6, 6.07) is 7.26. The maximum atomic E-state index is 13.8. The van der Waals surface area contributed by atoms with Crippen LogP contribution >= 0.6 is 7.75 Å². The van der Waals surface area contributed by atoms with Crippen molar-refractivity contribution in [3.8, 4) is 18.1 Å². The van der Waals surface area contributed by atoms with Gasteiger partial charge >= 0.3 is 19.4 Å². The van der Waals surface area contributed by atoms with Crippen LogP contribution in [0.4, 0.5) is 0 Å². The fourth-order valence-corrected chi connectivity index (χ4v) is 5.21. The summed E-state index contributed by atoms with van der Waals surface area (Å²) in [4.78, 5) is 38.9. The average molecular weight is 560 g/mol. The Kier molecular flexibility index (Phi) is 10.1. The zero-order valence-corrected chi connectivity index (χ0v) is 23.3. The van der Waals surface area contributed by atoms with Gasteiger partial charge in [-0.2, -0.15) is 5.09 Å². The third-order valence-electron chi connectivity index (χ3n) is 6.26. The molecule has 2 N–H and O–H groups in total. The lowest BCUT2D eigenvalue weighted by molar-refractivity contribution is -0.146. The molecule has 0 amide bonds. The van der Waals surface area contributed by atoms with Crippen molar-refractivity contribution in [2.24, 2.45) is 5.92 Å². The molecule has 0 saturated heterocycles. The zero-order chi connectivity index (χ0) is 28.6. The van der Waals surface area contributed by atoms with Gasteiger partial charge in [0.1, 0.15) is 18.4 Å². The number of hydrogen-bond acceptors (Lipinski definition) is 8. The molecule has 2 aromatic rings. The van der Waals surface area contributed by atoms with Gasteiger partial charge in [0.15, 0.2) is 11.8 Å². The van der Waals surface area contributed by atoms with Gasteiger partial charge in [-0.15, -0.1) is 6.42 Å². The van der Waals surface area contributed by atoms with Crippen molar-refractivity contribution in [2.45, 2.75) is 58.4 Å². The molecule has 1 aliphatic rings. The quantitative estimate of drug-likeness (QED) is 0.164. The number of para-hydroxylation sites is 1. The predicted octanol–water partition coefficient (Wildman–Crippen LogP) is 3.46. The molecule has 0 saturated carbocycles. The molecule has 0 bridgehead atoms. The Morgan fingerprint density at radius 2 is 1.97 bits per heavy atom. The number of carbonyl (C=O) groups is 1. The van der Waals surface area contributed by atoms with E-state index < -0.39 is 49.4 Å². The second-order valence-electron chi connectivity index (χ2n) is 9.22. The van der Waals surface area contributed by atoms with E-state index in [-0.39, 0.29) is 18.3 Å². The number of rotatable bonds is 13. The van der Waals surface area contributed by atoms with E-state index in [9.17, 15) is 18.9 Å². The number of aryl methyl sites for hydroxylation is 1. The normalized spacial score (nSPS) is 20.8. The fourth-order valence-electron chi connectivity index (χ4n) is 3.69. The predicted molar refractivity (Wildman–Crippen MR) is 145 cm³/mol. The Labute approximate surface area is 227 Å². The number of carbonyl (C=O) groups excluding carboxylic acids is 1. The molecule has 12 heteroatoms. The van der Waals surface area contributed by atoms with Gasteiger partial charge in [0.05, 0.1) is 6.61 Å². The molecule has 11 nitrogen and oxygen atoms in total. The number of benzene rings is 1. The van der Waals surface area contributed by atoms with Crippen LogP contribution in [0.5, 0.6) is 5.75 Å². The highest BCUT2D eigenvalue weighted by molar-refractivity contribution is 7.52. The van der Waals surface area contributed by atoms with E-state index >= 15 is 0 Å². The zero-order valence-electron chi connectivity index (χ0n) is 22.4. The Bertz CT molecular complexity index is 1380. The van der Waals surface area contributed by atoms with Crippen molar-refractivity contribution < 1.29 is 27.9 Å². The molecule has 210 valence electrons. The lowest BCUT2D eigenvalue weighted by atomic mass is 10.1. The monoisotopic (exact) mass is 559 g/mol. The number of nitrogens with one attached hydrogen (secondary N) is 2. The average Bonchev–Trinajstić information content (AvgIpc) is 3.35. The molecular weight excluding hydrogens is 525 g/mol. The molecule has 39 heavy (non-hydrogen) atoms. The molecule has 1 aromatic heterocycles. The molecule has 0 aliphatic carbocycles. The summed E-state index contributed by atoms with van der Waals surface area (Å²) in [7, 11) is -4.21. The van der Waals surface area contributed by atoms with E-state index in [1.165, 1.54) is 29.8 Å².